The van der Waals surface area contributed by atoms with Gasteiger partial charge in [0.25, 0.3) is 10.0 Å². The number of ether oxygens (including phenoxy) is 2. The highest BCUT2D eigenvalue weighted by Gasteiger charge is 2.33. The smallest absolute Gasteiger partial charge is 0.264 e. The highest BCUT2D eigenvalue weighted by molar-refractivity contribution is 7.92. The summed E-state index contributed by atoms with van der Waals surface area (Å²) in [6, 6.07) is 19.4. The van der Waals surface area contributed by atoms with E-state index in [0.29, 0.717) is 30.2 Å². The molecule has 0 fully saturated rings. The van der Waals surface area contributed by atoms with Crippen molar-refractivity contribution in [2.24, 2.45) is 0 Å². The monoisotopic (exact) mass is 581 g/mol. The van der Waals surface area contributed by atoms with Gasteiger partial charge in [0.1, 0.15) is 24.1 Å². The topological polar surface area (TPSA) is 105 Å². The summed E-state index contributed by atoms with van der Waals surface area (Å²) in [7, 11) is -1.11. The molecule has 1 atom stereocenters. The molecule has 220 valence electrons. The number of carbonyl (C=O) groups excluding carboxylic acids is 2. The molecule has 2 amide bonds. The van der Waals surface area contributed by atoms with Gasteiger partial charge in [-0.3, -0.25) is 13.9 Å². The van der Waals surface area contributed by atoms with Crippen LogP contribution < -0.4 is 19.1 Å². The number of methoxy groups -OCH3 is 2. The van der Waals surface area contributed by atoms with E-state index in [0.717, 1.165) is 21.9 Å². The first-order valence-electron chi connectivity index (χ1n) is 13.6. The summed E-state index contributed by atoms with van der Waals surface area (Å²) >= 11 is 0. The van der Waals surface area contributed by atoms with Crippen LogP contribution in [-0.4, -0.2) is 58.5 Å². The zero-order valence-electron chi connectivity index (χ0n) is 24.3. The second kappa shape index (κ2) is 14.5. The predicted molar refractivity (Wildman–Crippen MR) is 160 cm³/mol. The van der Waals surface area contributed by atoms with E-state index in [9.17, 15) is 18.0 Å². The minimum atomic E-state index is -4.16. The molecule has 0 spiro atoms. The van der Waals surface area contributed by atoms with Crippen LogP contribution >= 0.6 is 0 Å². The first-order valence-corrected chi connectivity index (χ1v) is 15.0. The normalized spacial score (nSPS) is 11.8. The quantitative estimate of drug-likeness (QED) is 0.300. The van der Waals surface area contributed by atoms with Gasteiger partial charge in [-0.2, -0.15) is 0 Å². The van der Waals surface area contributed by atoms with Gasteiger partial charge in [0.2, 0.25) is 11.8 Å². The van der Waals surface area contributed by atoms with Crippen LogP contribution in [0, 0.1) is 6.92 Å². The Labute approximate surface area is 243 Å². The summed E-state index contributed by atoms with van der Waals surface area (Å²) in [6.07, 6.45) is 1.09. The number of amides is 2. The summed E-state index contributed by atoms with van der Waals surface area (Å²) < 4.78 is 39.5. The summed E-state index contributed by atoms with van der Waals surface area (Å²) in [6.45, 7) is 5.74. The van der Waals surface area contributed by atoms with E-state index in [2.05, 4.69) is 5.32 Å². The largest absolute Gasteiger partial charge is 0.497 e. The SMILES string of the molecule is CCCNC(=O)[C@H](CC)N(Cc1cccc(OC)c1)C(=O)CN(c1ccc(C)cc1)S(=O)(=O)c1ccc(OC)cc1. The number of rotatable bonds is 14. The molecule has 0 aliphatic rings. The molecule has 0 aliphatic heterocycles. The fourth-order valence-electron chi connectivity index (χ4n) is 4.37. The molecular formula is C31H39N3O6S. The zero-order valence-corrected chi connectivity index (χ0v) is 25.1. The van der Waals surface area contributed by atoms with Gasteiger partial charge in [-0.25, -0.2) is 8.42 Å². The second-order valence-electron chi connectivity index (χ2n) is 9.61. The molecule has 0 unspecified atom stereocenters. The van der Waals surface area contributed by atoms with Crippen molar-refractivity contribution in [3.8, 4) is 11.5 Å². The van der Waals surface area contributed by atoms with E-state index in [-0.39, 0.29) is 17.3 Å². The fraction of sp³-hybridized carbons (Fsp3) is 0.355. The molecule has 3 aromatic carbocycles. The predicted octanol–water partition coefficient (Wildman–Crippen LogP) is 4.54. The van der Waals surface area contributed by atoms with Crippen LogP contribution in [0.4, 0.5) is 5.69 Å². The van der Waals surface area contributed by atoms with Crippen LogP contribution in [0.25, 0.3) is 0 Å². The van der Waals surface area contributed by atoms with Gasteiger partial charge in [0.15, 0.2) is 0 Å². The minimum Gasteiger partial charge on any atom is -0.497 e. The van der Waals surface area contributed by atoms with Gasteiger partial charge < -0.3 is 19.7 Å². The van der Waals surface area contributed by atoms with Crippen LogP contribution in [0.5, 0.6) is 11.5 Å². The van der Waals surface area contributed by atoms with E-state index in [1.165, 1.54) is 24.1 Å². The molecule has 0 heterocycles. The van der Waals surface area contributed by atoms with Crippen LogP contribution in [-0.2, 0) is 26.2 Å². The average Bonchev–Trinajstić information content (AvgIpc) is 2.99. The van der Waals surface area contributed by atoms with Crippen molar-refractivity contribution >= 4 is 27.5 Å². The van der Waals surface area contributed by atoms with Gasteiger partial charge in [0, 0.05) is 13.1 Å². The molecule has 3 rings (SSSR count). The summed E-state index contributed by atoms with van der Waals surface area (Å²) in [5.41, 5.74) is 2.03. The van der Waals surface area contributed by atoms with Crippen LogP contribution in [0.3, 0.4) is 0 Å². The number of carbonyl (C=O) groups is 2. The summed E-state index contributed by atoms with van der Waals surface area (Å²) in [5.74, 6) is 0.325. The zero-order chi connectivity index (χ0) is 30.0. The molecule has 0 bridgehead atoms. The van der Waals surface area contributed by atoms with Gasteiger partial charge in [-0.15, -0.1) is 0 Å². The number of aryl methyl sites for hydroxylation is 1. The molecule has 0 saturated carbocycles. The third kappa shape index (κ3) is 8.00. The molecule has 0 aliphatic carbocycles. The lowest BCUT2D eigenvalue weighted by molar-refractivity contribution is -0.140. The molecule has 9 nitrogen and oxygen atoms in total. The number of nitrogens with zero attached hydrogens (tertiary/aromatic N) is 2. The van der Waals surface area contributed by atoms with E-state index < -0.39 is 28.5 Å². The summed E-state index contributed by atoms with van der Waals surface area (Å²) in [4.78, 5) is 28.8. The van der Waals surface area contributed by atoms with Crippen molar-refractivity contribution in [2.45, 2.75) is 51.1 Å². The third-order valence-corrected chi connectivity index (χ3v) is 8.46. The molecule has 10 heteroatoms. The first-order chi connectivity index (χ1) is 19.6. The highest BCUT2D eigenvalue weighted by Crippen LogP contribution is 2.27. The van der Waals surface area contributed by atoms with E-state index in [4.69, 9.17) is 9.47 Å². The lowest BCUT2D eigenvalue weighted by Gasteiger charge is -2.33. The number of anilines is 1. The highest BCUT2D eigenvalue weighted by atomic mass is 32.2. The maximum absolute atomic E-state index is 14.1. The van der Waals surface area contributed by atoms with Gasteiger partial charge >= 0.3 is 0 Å². The standard InChI is InChI=1S/C31H39N3O6S/c1-6-19-32-31(36)29(7-2)33(21-24-9-8-10-27(20-24)40-5)30(35)22-34(25-13-11-23(3)12-14-25)41(37,38)28-17-15-26(39-4)16-18-28/h8-18,20,29H,6-7,19,21-22H2,1-5H3,(H,32,36)/t29-/m0/s1. The second-order valence-corrected chi connectivity index (χ2v) is 11.5. The number of hydrogen-bond donors (Lipinski definition) is 1. The lowest BCUT2D eigenvalue weighted by atomic mass is 10.1. The Morgan fingerprint density at radius 3 is 2.15 bits per heavy atom. The number of hydrogen-bond acceptors (Lipinski definition) is 6. The Kier molecular flexibility index (Phi) is 11.2. The van der Waals surface area contributed by atoms with Crippen molar-refractivity contribution < 1.29 is 27.5 Å². The molecule has 0 radical (unpaired) electrons. The molecule has 0 saturated heterocycles. The molecule has 41 heavy (non-hydrogen) atoms. The van der Waals surface area contributed by atoms with Gasteiger partial charge in [-0.05, 0) is 73.9 Å². The van der Waals surface area contributed by atoms with Crippen LogP contribution in [0.1, 0.15) is 37.8 Å². The average molecular weight is 582 g/mol. The number of nitrogens with one attached hydrogen (secondary N) is 1. The molecule has 3 aromatic rings. The first kappa shape index (κ1) is 31.5. The van der Waals surface area contributed by atoms with Crippen LogP contribution in [0.2, 0.25) is 0 Å². The van der Waals surface area contributed by atoms with Crippen molar-refractivity contribution in [2.75, 3.05) is 31.6 Å². The van der Waals surface area contributed by atoms with Crippen molar-refractivity contribution in [1.82, 2.24) is 10.2 Å². The van der Waals surface area contributed by atoms with E-state index in [1.54, 1.807) is 55.6 Å². The summed E-state index contributed by atoms with van der Waals surface area (Å²) in [5, 5.41) is 2.88. The minimum absolute atomic E-state index is 0.0127. The third-order valence-electron chi connectivity index (χ3n) is 6.67. The Morgan fingerprint density at radius 1 is 0.902 bits per heavy atom. The van der Waals surface area contributed by atoms with Gasteiger partial charge in [-0.1, -0.05) is 43.7 Å². The van der Waals surface area contributed by atoms with E-state index in [1.807, 2.05) is 32.9 Å². The Hall–Kier alpha value is -4.05. The van der Waals surface area contributed by atoms with Crippen molar-refractivity contribution in [1.29, 1.82) is 0 Å². The molecule has 1 N–H and O–H groups in total. The molecule has 0 aromatic heterocycles. The number of sulfonamides is 1. The Balaban J connectivity index is 2.05. The maximum atomic E-state index is 14.1. The fourth-order valence-corrected chi connectivity index (χ4v) is 5.78. The Morgan fingerprint density at radius 2 is 1.56 bits per heavy atom. The van der Waals surface area contributed by atoms with Crippen molar-refractivity contribution in [3.05, 3.63) is 83.9 Å². The van der Waals surface area contributed by atoms with Crippen LogP contribution in [0.15, 0.2) is 77.7 Å². The van der Waals surface area contributed by atoms with E-state index >= 15 is 0 Å². The lowest BCUT2D eigenvalue weighted by Crippen LogP contribution is -2.52. The Bertz CT molecular complexity index is 1410. The van der Waals surface area contributed by atoms with Crippen molar-refractivity contribution in [3.63, 3.8) is 0 Å². The molecular weight excluding hydrogens is 542 g/mol. The van der Waals surface area contributed by atoms with Gasteiger partial charge in [0.05, 0.1) is 24.8 Å². The number of benzene rings is 3. The maximum Gasteiger partial charge on any atom is 0.264 e.